The van der Waals surface area contributed by atoms with Gasteiger partial charge in [0.15, 0.2) is 6.61 Å². The van der Waals surface area contributed by atoms with Crippen LogP contribution in [0.1, 0.15) is 41.1 Å². The van der Waals surface area contributed by atoms with Crippen LogP contribution < -0.4 is 10.1 Å². The summed E-state index contributed by atoms with van der Waals surface area (Å²) < 4.78 is 5.11. The lowest BCUT2D eigenvalue weighted by molar-refractivity contribution is -0.139. The van der Waals surface area contributed by atoms with Gasteiger partial charge in [0.1, 0.15) is 10.6 Å². The molecule has 0 aliphatic rings. The summed E-state index contributed by atoms with van der Waals surface area (Å²) in [4.78, 5) is 28.1. The highest BCUT2D eigenvalue weighted by Gasteiger charge is 2.23. The van der Waals surface area contributed by atoms with E-state index in [0.717, 1.165) is 5.01 Å². The molecule has 0 bridgehead atoms. The van der Waals surface area contributed by atoms with E-state index in [1.165, 1.54) is 11.3 Å². The molecule has 7 heteroatoms. The summed E-state index contributed by atoms with van der Waals surface area (Å²) in [5, 5.41) is 12.3. The highest BCUT2D eigenvalue weighted by Crippen LogP contribution is 2.29. The number of carbonyl (C=O) groups excluding carboxylic acids is 1. The van der Waals surface area contributed by atoms with Crippen molar-refractivity contribution >= 4 is 28.9 Å². The first-order valence-electron chi connectivity index (χ1n) is 7.41. The maximum Gasteiger partial charge on any atom is 0.341 e. The first-order chi connectivity index (χ1) is 11.2. The topological polar surface area (TPSA) is 88.5 Å². The summed E-state index contributed by atoms with van der Waals surface area (Å²) in [6.45, 7) is 7.54. The molecule has 2 N–H and O–H groups in total. The van der Waals surface area contributed by atoms with E-state index in [2.05, 4.69) is 31.1 Å². The maximum absolute atomic E-state index is 12.5. The van der Waals surface area contributed by atoms with E-state index < -0.39 is 12.6 Å². The van der Waals surface area contributed by atoms with Crippen molar-refractivity contribution in [1.82, 2.24) is 4.98 Å². The molecule has 1 aromatic heterocycles. The number of aliphatic carboxylic acids is 1. The van der Waals surface area contributed by atoms with E-state index in [0.29, 0.717) is 22.0 Å². The molecule has 0 unspecified atom stereocenters. The summed E-state index contributed by atoms with van der Waals surface area (Å²) in [6.07, 6.45) is 0. The average Bonchev–Trinajstić information content (AvgIpc) is 2.88. The number of hydrogen-bond donors (Lipinski definition) is 2. The Labute approximate surface area is 144 Å². The van der Waals surface area contributed by atoms with Crippen LogP contribution in [0, 0.1) is 6.92 Å². The predicted molar refractivity (Wildman–Crippen MR) is 93.1 cm³/mol. The number of benzene rings is 1. The lowest BCUT2D eigenvalue weighted by atomic mass is 9.98. The monoisotopic (exact) mass is 348 g/mol. The number of amides is 1. The molecular weight excluding hydrogens is 328 g/mol. The molecule has 2 rings (SSSR count). The maximum atomic E-state index is 12.5. The van der Waals surface area contributed by atoms with Crippen molar-refractivity contribution in [3.05, 3.63) is 39.8 Å². The van der Waals surface area contributed by atoms with E-state index in [1.54, 1.807) is 24.3 Å². The number of nitrogens with zero attached hydrogens (tertiary/aromatic N) is 1. The normalized spacial score (nSPS) is 11.2. The zero-order valence-corrected chi connectivity index (χ0v) is 14.9. The average molecular weight is 348 g/mol. The van der Waals surface area contributed by atoms with Crippen LogP contribution in [0.5, 0.6) is 5.75 Å². The van der Waals surface area contributed by atoms with Crippen LogP contribution in [0.2, 0.25) is 0 Å². The van der Waals surface area contributed by atoms with Crippen LogP contribution in [-0.2, 0) is 10.2 Å². The highest BCUT2D eigenvalue weighted by molar-refractivity contribution is 7.14. The number of rotatable bonds is 5. The third-order valence-corrected chi connectivity index (χ3v) is 4.68. The van der Waals surface area contributed by atoms with Crippen molar-refractivity contribution in [1.29, 1.82) is 0 Å². The Morgan fingerprint density at radius 3 is 2.62 bits per heavy atom. The lowest BCUT2D eigenvalue weighted by Crippen LogP contribution is -2.12. The zero-order valence-electron chi connectivity index (χ0n) is 14.0. The standard InChI is InChI=1S/C17H20N2O4S/c1-10-14(24-16(18-10)17(2,3)4)15(22)19-11-6-5-7-12(8-11)23-9-13(20)21/h5-8H,9H2,1-4H3,(H,19,22)(H,20,21). The Morgan fingerprint density at radius 1 is 1.33 bits per heavy atom. The van der Waals surface area contributed by atoms with Crippen LogP contribution in [-0.4, -0.2) is 28.6 Å². The van der Waals surface area contributed by atoms with Crippen LogP contribution in [0.25, 0.3) is 0 Å². The number of thiazole rings is 1. The second-order valence-corrected chi connectivity index (χ2v) is 7.35. The van der Waals surface area contributed by atoms with Crippen molar-refractivity contribution in [2.45, 2.75) is 33.1 Å². The van der Waals surface area contributed by atoms with Gasteiger partial charge in [0.05, 0.1) is 10.7 Å². The molecule has 0 saturated carbocycles. The molecule has 0 aliphatic carbocycles. The van der Waals surface area contributed by atoms with Crippen LogP contribution in [0.15, 0.2) is 24.3 Å². The lowest BCUT2D eigenvalue weighted by Gasteiger charge is -2.13. The smallest absolute Gasteiger partial charge is 0.341 e. The highest BCUT2D eigenvalue weighted by atomic mass is 32.1. The summed E-state index contributed by atoms with van der Waals surface area (Å²) in [5.41, 5.74) is 1.12. The van der Waals surface area contributed by atoms with Gasteiger partial charge in [-0.05, 0) is 19.1 Å². The predicted octanol–water partition coefficient (Wildman–Crippen LogP) is 3.46. The number of aromatic nitrogens is 1. The molecule has 128 valence electrons. The number of anilines is 1. The second-order valence-electron chi connectivity index (χ2n) is 6.35. The molecule has 6 nitrogen and oxygen atoms in total. The number of carbonyl (C=O) groups is 2. The Hall–Kier alpha value is -2.41. The van der Waals surface area contributed by atoms with Gasteiger partial charge in [-0.25, -0.2) is 9.78 Å². The van der Waals surface area contributed by atoms with Gasteiger partial charge in [-0.15, -0.1) is 11.3 Å². The minimum Gasteiger partial charge on any atom is -0.482 e. The van der Waals surface area contributed by atoms with Crippen molar-refractivity contribution in [2.75, 3.05) is 11.9 Å². The zero-order chi connectivity index (χ0) is 17.9. The Kier molecular flexibility index (Phi) is 5.23. The number of aryl methyl sites for hydroxylation is 1. The van der Waals surface area contributed by atoms with Gasteiger partial charge in [-0.2, -0.15) is 0 Å². The number of nitrogens with one attached hydrogen (secondary N) is 1. The molecule has 0 spiro atoms. The van der Waals surface area contributed by atoms with Crippen molar-refractivity contribution in [3.63, 3.8) is 0 Å². The number of hydrogen-bond acceptors (Lipinski definition) is 5. The molecule has 0 aliphatic heterocycles. The summed E-state index contributed by atoms with van der Waals surface area (Å²) >= 11 is 1.38. The van der Waals surface area contributed by atoms with Crippen molar-refractivity contribution in [2.24, 2.45) is 0 Å². The molecular formula is C17H20N2O4S. The SMILES string of the molecule is Cc1nc(C(C)(C)C)sc1C(=O)Nc1cccc(OCC(=O)O)c1. The minimum atomic E-state index is -1.06. The molecule has 0 atom stereocenters. The van der Waals surface area contributed by atoms with E-state index in [-0.39, 0.29) is 11.3 Å². The van der Waals surface area contributed by atoms with Crippen LogP contribution in [0.3, 0.4) is 0 Å². The number of carboxylic acids is 1. The Bertz CT molecular complexity index is 762. The third-order valence-electron chi connectivity index (χ3n) is 3.10. The fourth-order valence-corrected chi connectivity index (χ4v) is 2.94. The summed E-state index contributed by atoms with van der Waals surface area (Å²) in [7, 11) is 0. The summed E-state index contributed by atoms with van der Waals surface area (Å²) in [5.74, 6) is -0.915. The molecule has 24 heavy (non-hydrogen) atoms. The van der Waals surface area contributed by atoms with E-state index in [1.807, 2.05) is 6.92 Å². The van der Waals surface area contributed by atoms with Gasteiger partial charge >= 0.3 is 5.97 Å². The van der Waals surface area contributed by atoms with Gasteiger partial charge < -0.3 is 15.2 Å². The number of ether oxygens (including phenoxy) is 1. The molecule has 1 aromatic carbocycles. The summed E-state index contributed by atoms with van der Waals surface area (Å²) in [6, 6.07) is 6.62. The van der Waals surface area contributed by atoms with Gasteiger partial charge in [0, 0.05) is 17.2 Å². The van der Waals surface area contributed by atoms with E-state index in [4.69, 9.17) is 9.84 Å². The second kappa shape index (κ2) is 7.00. The minimum absolute atomic E-state index is 0.113. The van der Waals surface area contributed by atoms with Crippen molar-refractivity contribution in [3.8, 4) is 5.75 Å². The molecule has 2 aromatic rings. The van der Waals surface area contributed by atoms with Crippen LogP contribution >= 0.6 is 11.3 Å². The van der Waals surface area contributed by atoms with E-state index in [9.17, 15) is 9.59 Å². The van der Waals surface area contributed by atoms with Crippen LogP contribution in [0.4, 0.5) is 5.69 Å². The van der Waals surface area contributed by atoms with Crippen molar-refractivity contribution < 1.29 is 19.4 Å². The van der Waals surface area contributed by atoms with Gasteiger partial charge in [-0.1, -0.05) is 26.8 Å². The number of carboxylic acid groups (broad SMARTS) is 1. The van der Waals surface area contributed by atoms with Gasteiger partial charge in [-0.3, -0.25) is 4.79 Å². The quantitative estimate of drug-likeness (QED) is 0.864. The molecule has 1 amide bonds. The first kappa shape index (κ1) is 17.9. The molecule has 0 saturated heterocycles. The molecule has 1 heterocycles. The van der Waals surface area contributed by atoms with Gasteiger partial charge in [0.2, 0.25) is 0 Å². The van der Waals surface area contributed by atoms with E-state index >= 15 is 0 Å². The fraction of sp³-hybridized carbons (Fsp3) is 0.353. The fourth-order valence-electron chi connectivity index (χ4n) is 1.92. The molecule has 0 fully saturated rings. The van der Waals surface area contributed by atoms with Gasteiger partial charge in [0.25, 0.3) is 5.91 Å². The Balaban J connectivity index is 2.14. The molecule has 0 radical (unpaired) electrons. The Morgan fingerprint density at radius 2 is 2.04 bits per heavy atom. The largest absolute Gasteiger partial charge is 0.482 e. The third kappa shape index (κ3) is 4.55. The first-order valence-corrected chi connectivity index (χ1v) is 8.22.